The van der Waals surface area contributed by atoms with Gasteiger partial charge in [-0.1, -0.05) is 11.6 Å². The predicted octanol–water partition coefficient (Wildman–Crippen LogP) is 5.31. The number of ether oxygens (including phenoxy) is 2. The van der Waals surface area contributed by atoms with Crippen LogP contribution in [-0.2, 0) is 0 Å². The first-order chi connectivity index (χ1) is 17.9. The Hall–Kier alpha value is -3.82. The molecule has 0 atom stereocenters. The van der Waals surface area contributed by atoms with Gasteiger partial charge >= 0.3 is 6.03 Å². The number of aromatic nitrogens is 1. The number of carbonyl (C=O) groups is 2. The molecule has 37 heavy (non-hydrogen) atoms. The Morgan fingerprint density at radius 3 is 2.51 bits per heavy atom. The van der Waals surface area contributed by atoms with Crippen LogP contribution in [-0.4, -0.2) is 55.1 Å². The standard InChI is InChI=1S/C27H30ClN5O4/c1-18-15-23(25(17-22(18)28)36-14-13-33-11-3-4-12-33)32-27(35)31-19-5-7-20(8-6-19)37-21-9-10-30-24(16-21)26(34)29-2/h5-10,15-17H,3-4,11-14H2,1-2H3,(H,29,34)(H2,31,32,35). The molecule has 2 heterocycles. The number of aryl methyl sites for hydroxylation is 1. The molecule has 3 amide bonds. The van der Waals surface area contributed by atoms with E-state index in [4.69, 9.17) is 21.1 Å². The van der Waals surface area contributed by atoms with E-state index in [1.54, 1.807) is 48.5 Å². The predicted molar refractivity (Wildman–Crippen MR) is 144 cm³/mol. The summed E-state index contributed by atoms with van der Waals surface area (Å²) in [5, 5.41) is 8.77. The zero-order valence-corrected chi connectivity index (χ0v) is 21.6. The highest BCUT2D eigenvalue weighted by Crippen LogP contribution is 2.32. The van der Waals surface area contributed by atoms with E-state index in [2.05, 4.69) is 25.8 Å². The first-order valence-electron chi connectivity index (χ1n) is 12.1. The van der Waals surface area contributed by atoms with Gasteiger partial charge in [0.25, 0.3) is 5.91 Å². The second-order valence-corrected chi connectivity index (χ2v) is 9.06. The molecule has 0 unspecified atom stereocenters. The Morgan fingerprint density at radius 2 is 1.78 bits per heavy atom. The van der Waals surface area contributed by atoms with Crippen LogP contribution >= 0.6 is 11.6 Å². The number of pyridine rings is 1. The van der Waals surface area contributed by atoms with E-state index in [1.807, 2.05) is 6.92 Å². The number of nitrogens with zero attached hydrogens (tertiary/aromatic N) is 2. The summed E-state index contributed by atoms with van der Waals surface area (Å²) in [5.41, 5.74) is 2.21. The Labute approximate surface area is 221 Å². The smallest absolute Gasteiger partial charge is 0.323 e. The average molecular weight is 524 g/mol. The number of urea groups is 1. The Balaban J connectivity index is 1.35. The first-order valence-corrected chi connectivity index (χ1v) is 12.5. The number of hydrogen-bond acceptors (Lipinski definition) is 6. The van der Waals surface area contributed by atoms with Crippen molar-refractivity contribution in [3.63, 3.8) is 0 Å². The van der Waals surface area contributed by atoms with Gasteiger partial charge in [-0.3, -0.25) is 14.7 Å². The maximum absolute atomic E-state index is 12.7. The van der Waals surface area contributed by atoms with Crippen LogP contribution in [0.1, 0.15) is 28.9 Å². The zero-order valence-electron chi connectivity index (χ0n) is 20.8. The number of nitrogens with one attached hydrogen (secondary N) is 3. The molecule has 4 rings (SSSR count). The van der Waals surface area contributed by atoms with Gasteiger partial charge in [-0.25, -0.2) is 4.79 Å². The molecule has 2 aromatic carbocycles. The van der Waals surface area contributed by atoms with Crippen molar-refractivity contribution in [2.45, 2.75) is 19.8 Å². The molecule has 0 radical (unpaired) electrons. The van der Waals surface area contributed by atoms with Gasteiger partial charge in [0.15, 0.2) is 0 Å². The van der Waals surface area contributed by atoms with Crippen LogP contribution in [0.3, 0.4) is 0 Å². The van der Waals surface area contributed by atoms with E-state index >= 15 is 0 Å². The third-order valence-corrected chi connectivity index (χ3v) is 6.32. The van der Waals surface area contributed by atoms with E-state index < -0.39 is 6.03 Å². The molecule has 1 saturated heterocycles. The average Bonchev–Trinajstić information content (AvgIpc) is 3.41. The van der Waals surface area contributed by atoms with Crippen LogP contribution in [0.2, 0.25) is 5.02 Å². The minimum atomic E-state index is -0.413. The third-order valence-electron chi connectivity index (χ3n) is 5.91. The van der Waals surface area contributed by atoms with Gasteiger partial charge in [0.2, 0.25) is 0 Å². The molecule has 10 heteroatoms. The van der Waals surface area contributed by atoms with Crippen molar-refractivity contribution in [1.29, 1.82) is 0 Å². The monoisotopic (exact) mass is 523 g/mol. The number of hydrogen-bond donors (Lipinski definition) is 3. The van der Waals surface area contributed by atoms with E-state index in [0.717, 1.165) is 25.2 Å². The van der Waals surface area contributed by atoms with Crippen LogP contribution in [0, 0.1) is 6.92 Å². The second kappa shape index (κ2) is 12.4. The summed E-state index contributed by atoms with van der Waals surface area (Å²) in [6.07, 6.45) is 3.95. The van der Waals surface area contributed by atoms with Crippen LogP contribution < -0.4 is 25.4 Å². The second-order valence-electron chi connectivity index (χ2n) is 8.66. The zero-order chi connectivity index (χ0) is 26.2. The summed E-state index contributed by atoms with van der Waals surface area (Å²) in [7, 11) is 1.54. The van der Waals surface area contributed by atoms with Crippen molar-refractivity contribution < 1.29 is 19.1 Å². The molecular weight excluding hydrogens is 494 g/mol. The Morgan fingerprint density at radius 1 is 1.03 bits per heavy atom. The number of halogens is 1. The topological polar surface area (TPSA) is 105 Å². The van der Waals surface area contributed by atoms with Crippen molar-refractivity contribution in [1.82, 2.24) is 15.2 Å². The SMILES string of the molecule is CNC(=O)c1cc(Oc2ccc(NC(=O)Nc3cc(C)c(Cl)cc3OCCN3CCCC3)cc2)ccn1. The number of anilines is 2. The molecular formula is C27H30ClN5O4. The van der Waals surface area contributed by atoms with Gasteiger partial charge in [0.1, 0.15) is 29.5 Å². The molecule has 1 aromatic heterocycles. The van der Waals surface area contributed by atoms with Gasteiger partial charge in [-0.2, -0.15) is 0 Å². The molecule has 3 aromatic rings. The Bertz CT molecular complexity index is 1250. The maximum Gasteiger partial charge on any atom is 0.323 e. The minimum Gasteiger partial charge on any atom is -0.490 e. The fourth-order valence-corrected chi connectivity index (χ4v) is 4.08. The molecule has 9 nitrogen and oxygen atoms in total. The molecule has 194 valence electrons. The molecule has 1 aliphatic heterocycles. The molecule has 1 aliphatic rings. The normalized spacial score (nSPS) is 13.2. The van der Waals surface area contributed by atoms with E-state index in [0.29, 0.717) is 40.3 Å². The van der Waals surface area contributed by atoms with Crippen LogP contribution in [0.5, 0.6) is 17.2 Å². The van der Waals surface area contributed by atoms with Crippen LogP contribution in [0.25, 0.3) is 0 Å². The summed E-state index contributed by atoms with van der Waals surface area (Å²) in [5.74, 6) is 1.25. The maximum atomic E-state index is 12.7. The van der Waals surface area contributed by atoms with Gasteiger partial charge < -0.3 is 25.4 Å². The van der Waals surface area contributed by atoms with Crippen molar-refractivity contribution in [2.24, 2.45) is 0 Å². The number of carbonyl (C=O) groups excluding carboxylic acids is 2. The van der Waals surface area contributed by atoms with Crippen molar-refractivity contribution in [3.05, 3.63) is 71.0 Å². The molecule has 0 bridgehead atoms. The minimum absolute atomic E-state index is 0.256. The lowest BCUT2D eigenvalue weighted by atomic mass is 10.2. The lowest BCUT2D eigenvalue weighted by Crippen LogP contribution is -2.25. The highest BCUT2D eigenvalue weighted by atomic mass is 35.5. The lowest BCUT2D eigenvalue weighted by molar-refractivity contribution is 0.0958. The molecule has 0 saturated carbocycles. The fourth-order valence-electron chi connectivity index (χ4n) is 3.93. The van der Waals surface area contributed by atoms with Gasteiger partial charge in [0.05, 0.1) is 5.69 Å². The third kappa shape index (κ3) is 7.34. The van der Waals surface area contributed by atoms with E-state index in [-0.39, 0.29) is 11.6 Å². The van der Waals surface area contributed by atoms with Crippen LogP contribution in [0.4, 0.5) is 16.2 Å². The van der Waals surface area contributed by atoms with Crippen molar-refractivity contribution in [2.75, 3.05) is 43.9 Å². The largest absolute Gasteiger partial charge is 0.490 e. The molecule has 0 aliphatic carbocycles. The summed E-state index contributed by atoms with van der Waals surface area (Å²) in [6, 6.07) is 13.2. The van der Waals surface area contributed by atoms with E-state index in [9.17, 15) is 9.59 Å². The van der Waals surface area contributed by atoms with Gasteiger partial charge in [-0.05, 0) is 74.8 Å². The van der Waals surface area contributed by atoms with E-state index in [1.165, 1.54) is 26.1 Å². The molecule has 0 spiro atoms. The van der Waals surface area contributed by atoms with Gasteiger partial charge in [0, 0.05) is 42.6 Å². The highest BCUT2D eigenvalue weighted by Gasteiger charge is 2.14. The van der Waals surface area contributed by atoms with Gasteiger partial charge in [-0.15, -0.1) is 0 Å². The molecule has 3 N–H and O–H groups in total. The number of amides is 3. The molecule has 1 fully saturated rings. The number of likely N-dealkylation sites (tertiary alicyclic amines) is 1. The van der Waals surface area contributed by atoms with Crippen molar-refractivity contribution >= 4 is 34.9 Å². The first kappa shape index (κ1) is 26.2. The lowest BCUT2D eigenvalue weighted by Gasteiger charge is -2.18. The quantitative estimate of drug-likeness (QED) is 0.351. The summed E-state index contributed by atoms with van der Waals surface area (Å²) in [4.78, 5) is 30.9. The number of benzene rings is 2. The summed E-state index contributed by atoms with van der Waals surface area (Å²) >= 11 is 6.31. The fraction of sp³-hybridized carbons (Fsp3) is 0.296. The van der Waals surface area contributed by atoms with Crippen LogP contribution in [0.15, 0.2) is 54.7 Å². The Kier molecular flexibility index (Phi) is 8.81. The van der Waals surface area contributed by atoms with Crippen molar-refractivity contribution in [3.8, 4) is 17.2 Å². The highest BCUT2D eigenvalue weighted by molar-refractivity contribution is 6.31. The summed E-state index contributed by atoms with van der Waals surface area (Å²) < 4.78 is 11.8. The number of rotatable bonds is 9. The summed E-state index contributed by atoms with van der Waals surface area (Å²) in [6.45, 7) is 5.40.